The standard InChI is InChI=1S/C18H20F2N2O3/c1-24-15-7-4-13(10-16(15)25-18(19)20)8-9-22-17(23)11-12-2-5-14(21)6-3-12/h2-7,10,18H,8-9,11,21H2,1H3,(H,22,23). The van der Waals surface area contributed by atoms with Gasteiger partial charge in [-0.15, -0.1) is 0 Å². The number of hydrogen-bond donors (Lipinski definition) is 2. The minimum absolute atomic E-state index is 0.0248. The van der Waals surface area contributed by atoms with Crippen LogP contribution in [0, 0.1) is 0 Å². The van der Waals surface area contributed by atoms with Gasteiger partial charge in [0, 0.05) is 12.2 Å². The summed E-state index contributed by atoms with van der Waals surface area (Å²) in [5, 5.41) is 2.79. The van der Waals surface area contributed by atoms with Crippen molar-refractivity contribution in [2.75, 3.05) is 19.4 Å². The number of benzene rings is 2. The second-order valence-electron chi connectivity index (χ2n) is 5.38. The number of nitrogens with two attached hydrogens (primary N) is 1. The SMILES string of the molecule is COc1ccc(CCNC(=O)Cc2ccc(N)cc2)cc1OC(F)F. The van der Waals surface area contributed by atoms with Crippen LogP contribution in [0.3, 0.4) is 0 Å². The topological polar surface area (TPSA) is 73.6 Å². The van der Waals surface area contributed by atoms with Crippen molar-refractivity contribution in [1.82, 2.24) is 5.32 Å². The molecule has 0 saturated carbocycles. The summed E-state index contributed by atoms with van der Waals surface area (Å²) in [7, 11) is 1.38. The molecule has 2 aromatic carbocycles. The van der Waals surface area contributed by atoms with Crippen molar-refractivity contribution in [3.63, 3.8) is 0 Å². The molecule has 0 radical (unpaired) electrons. The van der Waals surface area contributed by atoms with Crippen LogP contribution in [0.5, 0.6) is 11.5 Å². The van der Waals surface area contributed by atoms with Crippen LogP contribution in [-0.4, -0.2) is 26.2 Å². The molecule has 1 amide bonds. The van der Waals surface area contributed by atoms with Crippen LogP contribution in [0.2, 0.25) is 0 Å². The van der Waals surface area contributed by atoms with Gasteiger partial charge in [0.05, 0.1) is 13.5 Å². The number of ether oxygens (including phenoxy) is 2. The van der Waals surface area contributed by atoms with Gasteiger partial charge in [-0.1, -0.05) is 18.2 Å². The number of carbonyl (C=O) groups excluding carboxylic acids is 1. The van der Waals surface area contributed by atoms with Crippen LogP contribution < -0.4 is 20.5 Å². The maximum Gasteiger partial charge on any atom is 0.387 e. The molecule has 0 bridgehead atoms. The van der Waals surface area contributed by atoms with E-state index in [1.54, 1.807) is 36.4 Å². The van der Waals surface area contributed by atoms with Gasteiger partial charge in [0.1, 0.15) is 0 Å². The fourth-order valence-electron chi connectivity index (χ4n) is 2.29. The molecule has 0 aliphatic carbocycles. The zero-order chi connectivity index (χ0) is 18.2. The number of methoxy groups -OCH3 is 1. The minimum Gasteiger partial charge on any atom is -0.493 e. The van der Waals surface area contributed by atoms with Crippen molar-refractivity contribution >= 4 is 11.6 Å². The Morgan fingerprint density at radius 1 is 1.12 bits per heavy atom. The number of anilines is 1. The Bertz CT molecular complexity index is 706. The fraction of sp³-hybridized carbons (Fsp3) is 0.278. The Labute approximate surface area is 144 Å². The van der Waals surface area contributed by atoms with E-state index in [1.165, 1.54) is 13.2 Å². The van der Waals surface area contributed by atoms with E-state index in [0.29, 0.717) is 18.7 Å². The van der Waals surface area contributed by atoms with Crippen LogP contribution in [-0.2, 0) is 17.6 Å². The van der Waals surface area contributed by atoms with Gasteiger partial charge in [-0.25, -0.2) is 0 Å². The molecule has 3 N–H and O–H groups in total. The Hall–Kier alpha value is -2.83. The quantitative estimate of drug-likeness (QED) is 0.718. The third-order valence-corrected chi connectivity index (χ3v) is 3.52. The van der Waals surface area contributed by atoms with Crippen molar-refractivity contribution in [3.05, 3.63) is 53.6 Å². The highest BCUT2D eigenvalue weighted by Crippen LogP contribution is 2.29. The highest BCUT2D eigenvalue weighted by atomic mass is 19.3. The van der Waals surface area contributed by atoms with E-state index >= 15 is 0 Å². The van der Waals surface area contributed by atoms with E-state index in [1.807, 2.05) is 0 Å². The van der Waals surface area contributed by atoms with Gasteiger partial charge in [-0.2, -0.15) is 8.78 Å². The van der Waals surface area contributed by atoms with Crippen LogP contribution in [0.1, 0.15) is 11.1 Å². The van der Waals surface area contributed by atoms with E-state index in [0.717, 1.165) is 11.1 Å². The molecular formula is C18H20F2N2O3. The van der Waals surface area contributed by atoms with Crippen molar-refractivity contribution in [3.8, 4) is 11.5 Å². The average Bonchev–Trinajstić information content (AvgIpc) is 2.57. The van der Waals surface area contributed by atoms with Crippen LogP contribution in [0.4, 0.5) is 14.5 Å². The lowest BCUT2D eigenvalue weighted by molar-refractivity contribution is -0.120. The Balaban J connectivity index is 1.86. The molecule has 0 aliphatic heterocycles. The maximum absolute atomic E-state index is 12.4. The first kappa shape index (κ1) is 18.5. The summed E-state index contributed by atoms with van der Waals surface area (Å²) in [6.45, 7) is -2.54. The molecule has 134 valence electrons. The lowest BCUT2D eigenvalue weighted by Gasteiger charge is -2.12. The summed E-state index contributed by atoms with van der Waals surface area (Å²) in [6.07, 6.45) is 0.736. The normalized spacial score (nSPS) is 10.6. The fourth-order valence-corrected chi connectivity index (χ4v) is 2.29. The molecular weight excluding hydrogens is 330 g/mol. The maximum atomic E-state index is 12.4. The van der Waals surface area contributed by atoms with Gasteiger partial charge in [-0.3, -0.25) is 4.79 Å². The van der Waals surface area contributed by atoms with Crippen molar-refractivity contribution in [2.24, 2.45) is 0 Å². The first-order chi connectivity index (χ1) is 12.0. The zero-order valence-electron chi connectivity index (χ0n) is 13.8. The van der Waals surface area contributed by atoms with E-state index in [-0.39, 0.29) is 23.8 Å². The van der Waals surface area contributed by atoms with E-state index in [4.69, 9.17) is 10.5 Å². The summed E-state index contributed by atoms with van der Waals surface area (Å²) in [5.74, 6) is 0.0852. The monoisotopic (exact) mass is 350 g/mol. The molecule has 2 rings (SSSR count). The first-order valence-electron chi connectivity index (χ1n) is 7.71. The Morgan fingerprint density at radius 3 is 2.44 bits per heavy atom. The Kier molecular flexibility index (Phi) is 6.56. The highest BCUT2D eigenvalue weighted by molar-refractivity contribution is 5.78. The molecule has 0 aliphatic rings. The van der Waals surface area contributed by atoms with Gasteiger partial charge in [0.25, 0.3) is 0 Å². The van der Waals surface area contributed by atoms with Gasteiger partial charge in [0.15, 0.2) is 11.5 Å². The lowest BCUT2D eigenvalue weighted by atomic mass is 10.1. The van der Waals surface area contributed by atoms with Gasteiger partial charge in [-0.05, 0) is 41.8 Å². The molecule has 0 atom stereocenters. The summed E-state index contributed by atoms with van der Waals surface area (Å²) >= 11 is 0. The number of carbonyl (C=O) groups is 1. The first-order valence-corrected chi connectivity index (χ1v) is 7.71. The predicted octanol–water partition coefficient (Wildman–Crippen LogP) is 2.78. The lowest BCUT2D eigenvalue weighted by Crippen LogP contribution is -2.27. The summed E-state index contributed by atoms with van der Waals surface area (Å²) in [4.78, 5) is 11.9. The number of alkyl halides is 2. The summed E-state index contributed by atoms with van der Waals surface area (Å²) in [5.41, 5.74) is 7.86. The van der Waals surface area contributed by atoms with E-state index in [9.17, 15) is 13.6 Å². The molecule has 0 heterocycles. The average molecular weight is 350 g/mol. The number of halogens is 2. The van der Waals surface area contributed by atoms with Crippen molar-refractivity contribution < 1.29 is 23.0 Å². The molecule has 0 saturated heterocycles. The Morgan fingerprint density at radius 2 is 1.80 bits per heavy atom. The molecule has 0 spiro atoms. The summed E-state index contributed by atoms with van der Waals surface area (Å²) in [6, 6.07) is 11.9. The third kappa shape index (κ3) is 5.95. The number of nitrogen functional groups attached to an aromatic ring is 1. The smallest absolute Gasteiger partial charge is 0.387 e. The van der Waals surface area contributed by atoms with Crippen LogP contribution >= 0.6 is 0 Å². The van der Waals surface area contributed by atoms with Gasteiger partial charge in [0.2, 0.25) is 5.91 Å². The van der Waals surface area contributed by atoms with Crippen LogP contribution in [0.25, 0.3) is 0 Å². The predicted molar refractivity (Wildman–Crippen MR) is 90.9 cm³/mol. The third-order valence-electron chi connectivity index (χ3n) is 3.52. The van der Waals surface area contributed by atoms with Crippen LogP contribution in [0.15, 0.2) is 42.5 Å². The molecule has 5 nitrogen and oxygen atoms in total. The molecule has 0 unspecified atom stereocenters. The number of hydrogen-bond acceptors (Lipinski definition) is 4. The molecule has 2 aromatic rings. The van der Waals surface area contributed by atoms with Gasteiger partial charge < -0.3 is 20.5 Å². The zero-order valence-corrected chi connectivity index (χ0v) is 13.8. The van der Waals surface area contributed by atoms with Crippen molar-refractivity contribution in [2.45, 2.75) is 19.5 Å². The second-order valence-corrected chi connectivity index (χ2v) is 5.38. The summed E-state index contributed by atoms with van der Waals surface area (Å²) < 4.78 is 34.3. The molecule has 7 heteroatoms. The minimum atomic E-state index is -2.93. The number of rotatable bonds is 8. The largest absolute Gasteiger partial charge is 0.493 e. The van der Waals surface area contributed by atoms with E-state index in [2.05, 4.69) is 10.1 Å². The molecule has 25 heavy (non-hydrogen) atoms. The molecule has 0 fully saturated rings. The van der Waals surface area contributed by atoms with Gasteiger partial charge >= 0.3 is 6.61 Å². The number of nitrogens with one attached hydrogen (secondary N) is 1. The highest BCUT2D eigenvalue weighted by Gasteiger charge is 2.11. The van der Waals surface area contributed by atoms with Crippen molar-refractivity contribution in [1.29, 1.82) is 0 Å². The second kappa shape index (κ2) is 8.86. The van der Waals surface area contributed by atoms with E-state index < -0.39 is 6.61 Å². The molecule has 0 aromatic heterocycles. The number of amides is 1.